The lowest BCUT2D eigenvalue weighted by atomic mass is 10.0. The summed E-state index contributed by atoms with van der Waals surface area (Å²) in [4.78, 5) is 28.1. The highest BCUT2D eigenvalue weighted by Crippen LogP contribution is 2.33. The smallest absolute Gasteiger partial charge is 0.435 e. The summed E-state index contributed by atoms with van der Waals surface area (Å²) in [5.41, 5.74) is -1.02. The number of imidazole rings is 1. The first-order chi connectivity index (χ1) is 19.8. The van der Waals surface area contributed by atoms with Crippen molar-refractivity contribution in [3.05, 3.63) is 106 Å². The molecule has 4 aromatic rings. The maximum atomic E-state index is 13.6. The minimum atomic E-state index is -4.94. The number of carbonyl (C=O) groups is 2. The van der Waals surface area contributed by atoms with Gasteiger partial charge in [-0.3, -0.25) is 4.79 Å². The molecule has 0 aliphatic carbocycles. The van der Waals surface area contributed by atoms with E-state index in [1.165, 1.54) is 18.2 Å². The average molecular weight is 665 g/mol. The first-order valence-electron chi connectivity index (χ1n) is 12.7. The number of unbranched alkanes of at least 4 members (excludes halogenated alkanes) is 1. The molecule has 0 unspecified atom stereocenters. The maximum Gasteiger partial charge on any atom is 0.435 e. The fraction of sp³-hybridized carbons (Fsp3) is 0.207. The number of nitrogens with one attached hydrogen (secondary N) is 1. The lowest BCUT2D eigenvalue weighted by Gasteiger charge is -2.14. The van der Waals surface area contributed by atoms with E-state index in [1.54, 1.807) is 54.6 Å². The molecule has 0 saturated carbocycles. The monoisotopic (exact) mass is 663 g/mol. The molecule has 0 aliphatic heterocycles. The Morgan fingerprint density at radius 3 is 2.26 bits per heavy atom. The number of aromatic carboxylic acids is 1. The summed E-state index contributed by atoms with van der Waals surface area (Å²) in [6, 6.07) is 18.7. The molecule has 1 aromatic heterocycles. The van der Waals surface area contributed by atoms with Crippen LogP contribution in [-0.4, -0.2) is 35.0 Å². The van der Waals surface area contributed by atoms with Crippen molar-refractivity contribution < 1.29 is 36.3 Å². The van der Waals surface area contributed by atoms with Crippen molar-refractivity contribution in [3.63, 3.8) is 0 Å². The van der Waals surface area contributed by atoms with E-state index in [2.05, 4.69) is 25.6 Å². The summed E-state index contributed by atoms with van der Waals surface area (Å²) in [7, 11) is -4.31. The van der Waals surface area contributed by atoms with Crippen LogP contribution in [0.3, 0.4) is 0 Å². The van der Waals surface area contributed by atoms with E-state index in [0.717, 1.165) is 4.57 Å². The van der Waals surface area contributed by atoms with Gasteiger partial charge in [-0.25, -0.2) is 22.9 Å². The summed E-state index contributed by atoms with van der Waals surface area (Å²) in [5, 5.41) is 9.63. The summed E-state index contributed by atoms with van der Waals surface area (Å²) in [6.45, 7) is 1.67. The fourth-order valence-corrected chi connectivity index (χ4v) is 6.06. The molecule has 1 heterocycles. The number of rotatable bonds is 10. The highest BCUT2D eigenvalue weighted by atomic mass is 79.9. The van der Waals surface area contributed by atoms with Crippen LogP contribution in [0.2, 0.25) is 0 Å². The summed E-state index contributed by atoms with van der Waals surface area (Å²) in [6.07, 6.45) is -3.57. The van der Waals surface area contributed by atoms with Crippen LogP contribution in [0.4, 0.5) is 13.2 Å². The molecule has 0 spiro atoms. The molecule has 4 rings (SSSR count). The quantitative estimate of drug-likeness (QED) is 0.199. The van der Waals surface area contributed by atoms with Crippen molar-refractivity contribution in [2.24, 2.45) is 0 Å². The zero-order valence-corrected chi connectivity index (χ0v) is 24.6. The van der Waals surface area contributed by atoms with Crippen LogP contribution in [0.1, 0.15) is 57.7 Å². The number of amides is 1. The number of sulfonamides is 1. The number of carboxylic acid groups (broad SMARTS) is 1. The maximum absolute atomic E-state index is 13.6. The van der Waals surface area contributed by atoms with Gasteiger partial charge in [-0.2, -0.15) is 13.2 Å². The Morgan fingerprint density at radius 2 is 1.64 bits per heavy atom. The van der Waals surface area contributed by atoms with Gasteiger partial charge in [0, 0.05) is 23.0 Å². The second-order valence-corrected chi connectivity index (χ2v) is 11.8. The predicted octanol–water partition coefficient (Wildman–Crippen LogP) is 6.54. The van der Waals surface area contributed by atoms with E-state index in [0.29, 0.717) is 28.4 Å². The number of carbonyl (C=O) groups excluding carboxylic acids is 1. The Morgan fingerprint density at radius 1 is 1.00 bits per heavy atom. The lowest BCUT2D eigenvalue weighted by Crippen LogP contribution is -2.31. The van der Waals surface area contributed by atoms with Crippen molar-refractivity contribution in [1.82, 2.24) is 14.3 Å². The molecule has 0 atom stereocenters. The summed E-state index contributed by atoms with van der Waals surface area (Å²) >= 11 is 3.23. The molecule has 0 bridgehead atoms. The first-order valence-corrected chi connectivity index (χ1v) is 15.0. The molecule has 2 N–H and O–H groups in total. The standard InChI is InChI=1S/C29H25BrF3N3O5S/c1-2-3-12-24-34-26(29(31,32)33)25(28(38)39)36(24)17-18-13-15-19(16-14-18)20-8-5-7-11-23(20)42(40,41)35-27(37)21-9-4-6-10-22(21)30/h4-11,13-16H,2-3,12,17H2,1H3,(H,35,37)(H,38,39). The van der Waals surface area contributed by atoms with Gasteiger partial charge in [0.1, 0.15) is 5.82 Å². The van der Waals surface area contributed by atoms with E-state index >= 15 is 0 Å². The van der Waals surface area contributed by atoms with Crippen molar-refractivity contribution >= 4 is 37.8 Å². The van der Waals surface area contributed by atoms with Crippen molar-refractivity contribution in [2.45, 2.75) is 43.8 Å². The van der Waals surface area contributed by atoms with E-state index in [1.807, 2.05) is 6.92 Å². The van der Waals surface area contributed by atoms with E-state index in [9.17, 15) is 36.3 Å². The number of halogens is 4. The lowest BCUT2D eigenvalue weighted by molar-refractivity contribution is -0.141. The van der Waals surface area contributed by atoms with Crippen LogP contribution in [0, 0.1) is 0 Å². The first kappa shape index (κ1) is 31.0. The summed E-state index contributed by atoms with van der Waals surface area (Å²) in [5.74, 6) is -2.54. The second-order valence-electron chi connectivity index (χ2n) is 9.33. The zero-order chi connectivity index (χ0) is 30.7. The number of alkyl halides is 3. The molecule has 8 nitrogen and oxygen atoms in total. The van der Waals surface area contributed by atoms with E-state index in [4.69, 9.17) is 0 Å². The highest BCUT2D eigenvalue weighted by Gasteiger charge is 2.41. The molecule has 1 amide bonds. The third kappa shape index (κ3) is 6.73. The van der Waals surface area contributed by atoms with Gasteiger partial charge in [-0.05, 0) is 51.7 Å². The molecule has 0 saturated heterocycles. The van der Waals surface area contributed by atoms with E-state index < -0.39 is 39.5 Å². The van der Waals surface area contributed by atoms with Gasteiger partial charge in [0.25, 0.3) is 15.9 Å². The Hall–Kier alpha value is -3.97. The van der Waals surface area contributed by atoms with Gasteiger partial charge in [0.2, 0.25) is 0 Å². The number of aromatic nitrogens is 2. The highest BCUT2D eigenvalue weighted by molar-refractivity contribution is 9.10. The molecule has 0 fully saturated rings. The molecule has 0 aliphatic rings. The molecular weight excluding hydrogens is 639 g/mol. The Labute approximate surface area is 248 Å². The van der Waals surface area contributed by atoms with Crippen LogP contribution >= 0.6 is 15.9 Å². The zero-order valence-electron chi connectivity index (χ0n) is 22.2. The van der Waals surface area contributed by atoms with E-state index in [-0.39, 0.29) is 34.8 Å². The normalized spacial score (nSPS) is 11.8. The minimum absolute atomic E-state index is 0.0166. The number of hydrogen-bond donors (Lipinski definition) is 2. The SMILES string of the molecule is CCCCc1nc(C(F)(F)F)c(C(=O)O)n1Cc1ccc(-c2ccccc2S(=O)(=O)NC(=O)c2ccccc2Br)cc1. The van der Waals surface area contributed by atoms with Crippen molar-refractivity contribution in [3.8, 4) is 11.1 Å². The van der Waals surface area contributed by atoms with Gasteiger partial charge in [-0.1, -0.05) is 67.9 Å². The van der Waals surface area contributed by atoms with Crippen molar-refractivity contribution in [1.29, 1.82) is 0 Å². The molecule has 0 radical (unpaired) electrons. The van der Waals surface area contributed by atoms with Crippen LogP contribution in [-0.2, 0) is 29.2 Å². The third-order valence-corrected chi connectivity index (χ3v) is 8.48. The van der Waals surface area contributed by atoms with Gasteiger partial charge >= 0.3 is 12.1 Å². The molecule has 42 heavy (non-hydrogen) atoms. The largest absolute Gasteiger partial charge is 0.477 e. The Balaban J connectivity index is 1.66. The van der Waals surface area contributed by atoms with Gasteiger partial charge in [-0.15, -0.1) is 0 Å². The predicted molar refractivity (Wildman–Crippen MR) is 153 cm³/mol. The Kier molecular flexibility index (Phi) is 9.21. The minimum Gasteiger partial charge on any atom is -0.477 e. The van der Waals surface area contributed by atoms with Gasteiger partial charge < -0.3 is 9.67 Å². The number of carboxylic acids is 1. The summed E-state index contributed by atoms with van der Waals surface area (Å²) < 4.78 is 70.9. The molecule has 3 aromatic carbocycles. The topological polar surface area (TPSA) is 118 Å². The van der Waals surface area contributed by atoms with Crippen LogP contribution < -0.4 is 4.72 Å². The fourth-order valence-electron chi connectivity index (χ4n) is 4.40. The Bertz CT molecular complexity index is 1740. The van der Waals surface area contributed by atoms with Gasteiger partial charge in [0.15, 0.2) is 11.4 Å². The number of benzene rings is 3. The van der Waals surface area contributed by atoms with Crippen LogP contribution in [0.5, 0.6) is 0 Å². The third-order valence-electron chi connectivity index (χ3n) is 6.40. The number of aryl methyl sites for hydroxylation is 1. The number of nitrogens with zero attached hydrogens (tertiary/aromatic N) is 2. The van der Waals surface area contributed by atoms with Crippen molar-refractivity contribution in [2.75, 3.05) is 0 Å². The molecule has 13 heteroatoms. The van der Waals surface area contributed by atoms with Crippen LogP contribution in [0.25, 0.3) is 11.1 Å². The second kappa shape index (κ2) is 12.5. The molecular formula is C29H25BrF3N3O5S. The van der Waals surface area contributed by atoms with Gasteiger partial charge in [0.05, 0.1) is 10.5 Å². The van der Waals surface area contributed by atoms with Crippen LogP contribution in [0.15, 0.2) is 82.2 Å². The number of hydrogen-bond acceptors (Lipinski definition) is 5. The molecule has 220 valence electrons. The average Bonchev–Trinajstić information content (AvgIpc) is 3.31.